The summed E-state index contributed by atoms with van der Waals surface area (Å²) < 4.78 is 37.1. The van der Waals surface area contributed by atoms with Gasteiger partial charge in [-0.15, -0.1) is 0 Å². The average Bonchev–Trinajstić information content (AvgIpc) is 2.82. The van der Waals surface area contributed by atoms with Crippen LogP contribution in [0.2, 0.25) is 0 Å². The standard InChI is InChI=1S/C23H33F3N6O4/c1-22(2,3)19(20(33)35-36-21(34)23(24,25)26)32-8-6-17(7-9-32)30-10-12-31(13-11-30)18-5-4-16(14-29-27)28-15-18/h4-5,14-15,17,19H,6-13,27H2,1-3H3/b29-14+. The van der Waals surface area contributed by atoms with Crippen LogP contribution in [-0.2, 0) is 19.4 Å². The van der Waals surface area contributed by atoms with Crippen molar-refractivity contribution in [3.05, 3.63) is 24.0 Å². The molecule has 0 radical (unpaired) electrons. The summed E-state index contributed by atoms with van der Waals surface area (Å²) in [6.07, 6.45) is -0.331. The molecule has 36 heavy (non-hydrogen) atoms. The second-order valence-electron chi connectivity index (χ2n) is 10.0. The molecule has 1 aromatic heterocycles. The molecule has 13 heteroatoms. The number of piperazine rings is 1. The zero-order chi connectivity index (χ0) is 26.5. The zero-order valence-corrected chi connectivity index (χ0v) is 20.7. The van der Waals surface area contributed by atoms with Crippen LogP contribution in [0.5, 0.6) is 0 Å². The molecular formula is C23H33F3N6O4. The van der Waals surface area contributed by atoms with Gasteiger partial charge < -0.3 is 10.7 Å². The van der Waals surface area contributed by atoms with Crippen LogP contribution in [0.3, 0.4) is 0 Å². The first-order chi connectivity index (χ1) is 16.9. The Morgan fingerprint density at radius 3 is 2.22 bits per heavy atom. The lowest BCUT2D eigenvalue weighted by atomic mass is 9.84. The molecule has 2 aliphatic rings. The molecule has 0 aromatic carbocycles. The van der Waals surface area contributed by atoms with Crippen molar-refractivity contribution in [3.8, 4) is 0 Å². The molecule has 0 aliphatic carbocycles. The molecule has 1 aromatic rings. The van der Waals surface area contributed by atoms with Crippen molar-refractivity contribution in [2.75, 3.05) is 44.2 Å². The van der Waals surface area contributed by atoms with Gasteiger partial charge in [-0.25, -0.2) is 19.4 Å². The lowest BCUT2D eigenvalue weighted by molar-refractivity contribution is -0.289. The van der Waals surface area contributed by atoms with Gasteiger partial charge in [-0.05, 0) is 30.4 Å². The van der Waals surface area contributed by atoms with Gasteiger partial charge in [0.15, 0.2) is 0 Å². The van der Waals surface area contributed by atoms with Gasteiger partial charge in [-0.1, -0.05) is 20.8 Å². The van der Waals surface area contributed by atoms with E-state index >= 15 is 0 Å². The molecule has 2 aliphatic heterocycles. The fraction of sp³-hybridized carbons (Fsp3) is 0.652. The van der Waals surface area contributed by atoms with Gasteiger partial charge in [0.25, 0.3) is 0 Å². The number of carbonyl (C=O) groups is 2. The smallest absolute Gasteiger partial charge is 0.368 e. The summed E-state index contributed by atoms with van der Waals surface area (Å²) in [5, 5.41) is 3.48. The third kappa shape index (κ3) is 7.06. The van der Waals surface area contributed by atoms with Crippen molar-refractivity contribution < 1.29 is 32.5 Å². The van der Waals surface area contributed by atoms with E-state index in [0.29, 0.717) is 24.8 Å². The van der Waals surface area contributed by atoms with Crippen LogP contribution in [-0.4, -0.2) is 90.5 Å². The Bertz CT molecular complexity index is 919. The molecule has 1 atom stereocenters. The fourth-order valence-electron chi connectivity index (χ4n) is 4.81. The van der Waals surface area contributed by atoms with Crippen molar-refractivity contribution in [3.63, 3.8) is 0 Å². The normalized spacial score (nSPS) is 19.9. The predicted molar refractivity (Wildman–Crippen MR) is 126 cm³/mol. The third-order valence-electron chi connectivity index (χ3n) is 6.51. The minimum absolute atomic E-state index is 0.337. The number of nitrogens with zero attached hydrogens (tertiary/aromatic N) is 5. The van der Waals surface area contributed by atoms with Gasteiger partial charge in [0, 0.05) is 45.3 Å². The quantitative estimate of drug-likeness (QED) is 0.273. The maximum atomic E-state index is 12.6. The summed E-state index contributed by atoms with van der Waals surface area (Å²) in [5.41, 5.74) is 1.10. The van der Waals surface area contributed by atoms with Crippen LogP contribution in [0.15, 0.2) is 23.4 Å². The highest BCUT2D eigenvalue weighted by atomic mass is 19.4. The van der Waals surface area contributed by atoms with E-state index in [4.69, 9.17) is 5.84 Å². The molecule has 3 rings (SSSR count). The molecule has 2 N–H and O–H groups in total. The molecule has 0 bridgehead atoms. The fourth-order valence-corrected chi connectivity index (χ4v) is 4.81. The van der Waals surface area contributed by atoms with Gasteiger partial charge in [0.05, 0.1) is 23.8 Å². The third-order valence-corrected chi connectivity index (χ3v) is 6.51. The van der Waals surface area contributed by atoms with Crippen LogP contribution in [0.1, 0.15) is 39.3 Å². The van der Waals surface area contributed by atoms with Crippen molar-refractivity contribution in [1.29, 1.82) is 0 Å². The highest BCUT2D eigenvalue weighted by Gasteiger charge is 2.45. The lowest BCUT2D eigenvalue weighted by Gasteiger charge is -2.46. The number of carbonyl (C=O) groups excluding carboxylic acids is 2. The van der Waals surface area contributed by atoms with Crippen LogP contribution in [0, 0.1) is 5.41 Å². The van der Waals surface area contributed by atoms with Gasteiger partial charge in [-0.2, -0.15) is 18.3 Å². The minimum atomic E-state index is -5.24. The number of aromatic nitrogens is 1. The number of hydrazone groups is 1. The number of pyridine rings is 1. The maximum absolute atomic E-state index is 12.6. The molecule has 10 nitrogen and oxygen atoms in total. The number of hydrogen-bond acceptors (Lipinski definition) is 10. The van der Waals surface area contributed by atoms with Crippen molar-refractivity contribution in [1.82, 2.24) is 14.8 Å². The number of halogens is 3. The second-order valence-corrected chi connectivity index (χ2v) is 10.0. The molecule has 0 amide bonds. The number of nitrogens with two attached hydrogens (primary N) is 1. The lowest BCUT2D eigenvalue weighted by Crippen LogP contribution is -2.57. The number of anilines is 1. The van der Waals surface area contributed by atoms with Gasteiger partial charge >= 0.3 is 18.1 Å². The van der Waals surface area contributed by atoms with Crippen LogP contribution in [0.4, 0.5) is 18.9 Å². The minimum Gasteiger partial charge on any atom is -0.368 e. The van der Waals surface area contributed by atoms with E-state index in [1.54, 1.807) is 20.8 Å². The molecule has 200 valence electrons. The summed E-state index contributed by atoms with van der Waals surface area (Å²) in [5.74, 6) is 1.59. The number of alkyl halides is 3. The second kappa shape index (κ2) is 11.4. The van der Waals surface area contributed by atoms with Crippen LogP contribution >= 0.6 is 0 Å². The first-order valence-corrected chi connectivity index (χ1v) is 11.8. The van der Waals surface area contributed by atoms with E-state index in [-0.39, 0.29) is 0 Å². The Morgan fingerprint density at radius 1 is 1.08 bits per heavy atom. The van der Waals surface area contributed by atoms with Gasteiger partial charge in [0.1, 0.15) is 6.04 Å². The Hall–Kier alpha value is -2.93. The number of hydrogen-bond donors (Lipinski definition) is 1. The maximum Gasteiger partial charge on any atom is 0.495 e. The van der Waals surface area contributed by atoms with Crippen molar-refractivity contribution in [2.45, 2.75) is 51.9 Å². The summed E-state index contributed by atoms with van der Waals surface area (Å²) >= 11 is 0. The molecule has 3 heterocycles. The van der Waals surface area contributed by atoms with E-state index < -0.39 is 29.6 Å². The number of likely N-dealkylation sites (tertiary alicyclic amines) is 1. The Morgan fingerprint density at radius 2 is 1.72 bits per heavy atom. The van der Waals surface area contributed by atoms with Crippen molar-refractivity contribution in [2.24, 2.45) is 16.4 Å². The summed E-state index contributed by atoms with van der Waals surface area (Å²) in [7, 11) is 0. The number of piperidine rings is 1. The van der Waals surface area contributed by atoms with E-state index in [1.165, 1.54) is 6.21 Å². The van der Waals surface area contributed by atoms with Crippen LogP contribution in [0.25, 0.3) is 0 Å². The molecule has 0 spiro atoms. The number of rotatable bonds is 5. The highest BCUT2D eigenvalue weighted by Crippen LogP contribution is 2.30. The average molecular weight is 515 g/mol. The van der Waals surface area contributed by atoms with Crippen LogP contribution < -0.4 is 10.7 Å². The molecule has 2 fully saturated rings. The molecule has 1 unspecified atom stereocenters. The van der Waals surface area contributed by atoms with Gasteiger partial charge in [0.2, 0.25) is 0 Å². The van der Waals surface area contributed by atoms with Crippen molar-refractivity contribution >= 4 is 23.8 Å². The topological polar surface area (TPSA) is 114 Å². The Kier molecular flexibility index (Phi) is 8.77. The van der Waals surface area contributed by atoms with E-state index in [1.807, 2.05) is 23.2 Å². The zero-order valence-electron chi connectivity index (χ0n) is 20.7. The predicted octanol–water partition coefficient (Wildman–Crippen LogP) is 1.94. The SMILES string of the molecule is CC(C)(C)C(C(=O)OOC(=O)C(F)(F)F)N1CCC(N2CCN(c3ccc(/C=N/N)nc3)CC2)CC1. The first kappa shape index (κ1) is 27.7. The largest absolute Gasteiger partial charge is 0.495 e. The summed E-state index contributed by atoms with van der Waals surface area (Å²) in [6, 6.07) is 3.35. The Labute approximate surface area is 208 Å². The molecule has 0 saturated carbocycles. The molecule has 2 saturated heterocycles. The highest BCUT2D eigenvalue weighted by molar-refractivity contribution is 5.79. The van der Waals surface area contributed by atoms with E-state index in [9.17, 15) is 22.8 Å². The first-order valence-electron chi connectivity index (χ1n) is 11.8. The van der Waals surface area contributed by atoms with Gasteiger partial charge in [-0.3, -0.25) is 14.8 Å². The summed E-state index contributed by atoms with van der Waals surface area (Å²) in [6.45, 7) is 10.00. The van der Waals surface area contributed by atoms with E-state index in [2.05, 4.69) is 29.7 Å². The molecular weight excluding hydrogens is 481 g/mol. The monoisotopic (exact) mass is 514 g/mol. The van der Waals surface area contributed by atoms with E-state index in [0.717, 1.165) is 44.7 Å². The Balaban J connectivity index is 1.51. The summed E-state index contributed by atoms with van der Waals surface area (Å²) in [4.78, 5) is 42.5.